The van der Waals surface area contributed by atoms with Gasteiger partial charge in [-0.1, -0.05) is 102 Å². The van der Waals surface area contributed by atoms with Gasteiger partial charge in [0.15, 0.2) is 0 Å². The number of primary amides is 1. The standard InChI is InChI=1S/C36H29ClN4O2S/c1-23-33(28-16-7-9-18-31(28)43-2)34(27-15-6-8-17-30(27)37)29(22-39)35(41(23)36(40)42)44-32(26-13-4-3-5-14-26)20-24-11-10-12-25(19-24)21-38/h3-19,32,34H,20H2,1-2H3,(H2,40,42). The minimum absolute atomic E-state index is 0.224. The van der Waals surface area contributed by atoms with Gasteiger partial charge in [-0.25, -0.2) is 4.79 Å². The minimum Gasteiger partial charge on any atom is -0.496 e. The van der Waals surface area contributed by atoms with E-state index in [0.717, 1.165) is 22.3 Å². The number of nitrogens with two attached hydrogens (primary N) is 1. The average Bonchev–Trinajstić information content (AvgIpc) is 3.05. The maximum absolute atomic E-state index is 13.3. The van der Waals surface area contributed by atoms with E-state index in [9.17, 15) is 15.3 Å². The first-order valence-electron chi connectivity index (χ1n) is 13.9. The van der Waals surface area contributed by atoms with Crippen LogP contribution in [0.2, 0.25) is 5.02 Å². The molecule has 44 heavy (non-hydrogen) atoms. The molecule has 6 nitrogen and oxygen atoms in total. The number of thioether (sulfide) groups is 1. The zero-order valence-electron chi connectivity index (χ0n) is 24.2. The Morgan fingerprint density at radius 3 is 2.36 bits per heavy atom. The molecule has 2 amide bonds. The Labute approximate surface area is 266 Å². The second-order valence-electron chi connectivity index (χ2n) is 10.2. The van der Waals surface area contributed by atoms with Crippen LogP contribution < -0.4 is 10.5 Å². The van der Waals surface area contributed by atoms with Crippen LogP contribution in [0.1, 0.15) is 45.9 Å². The van der Waals surface area contributed by atoms with Gasteiger partial charge >= 0.3 is 6.03 Å². The highest BCUT2D eigenvalue weighted by atomic mass is 35.5. The van der Waals surface area contributed by atoms with Gasteiger partial charge in [0.05, 0.1) is 41.3 Å². The number of nitriles is 2. The van der Waals surface area contributed by atoms with Crippen LogP contribution in [0, 0.1) is 22.7 Å². The molecule has 0 aromatic heterocycles. The van der Waals surface area contributed by atoms with Crippen molar-refractivity contribution in [3.8, 4) is 17.9 Å². The number of hydrogen-bond donors (Lipinski definition) is 1. The van der Waals surface area contributed by atoms with Crippen LogP contribution >= 0.6 is 23.4 Å². The van der Waals surface area contributed by atoms with E-state index in [1.807, 2.05) is 97.9 Å². The molecule has 2 atom stereocenters. The number of ether oxygens (including phenoxy) is 1. The molecular weight excluding hydrogens is 588 g/mol. The molecule has 0 spiro atoms. The molecule has 5 rings (SSSR count). The summed E-state index contributed by atoms with van der Waals surface area (Å²) in [5.74, 6) is -0.0160. The van der Waals surface area contributed by atoms with E-state index in [0.29, 0.717) is 44.6 Å². The maximum atomic E-state index is 13.3. The van der Waals surface area contributed by atoms with E-state index in [-0.39, 0.29) is 5.25 Å². The topological polar surface area (TPSA) is 103 Å². The molecule has 0 bridgehead atoms. The second-order valence-corrected chi connectivity index (χ2v) is 11.8. The number of benzene rings is 4. The average molecular weight is 617 g/mol. The summed E-state index contributed by atoms with van der Waals surface area (Å²) in [6.45, 7) is 1.83. The molecule has 0 radical (unpaired) electrons. The molecule has 1 heterocycles. The number of nitrogens with zero attached hydrogens (tertiary/aromatic N) is 3. The lowest BCUT2D eigenvalue weighted by Gasteiger charge is -2.38. The fraction of sp³-hybridized carbons (Fsp3) is 0.139. The van der Waals surface area contributed by atoms with Gasteiger partial charge in [0, 0.05) is 21.5 Å². The molecule has 0 fully saturated rings. The van der Waals surface area contributed by atoms with Crippen LogP contribution in [0.15, 0.2) is 119 Å². The molecular formula is C36H29ClN4O2S. The third-order valence-electron chi connectivity index (χ3n) is 7.59. The van der Waals surface area contributed by atoms with Gasteiger partial charge in [-0.05, 0) is 59.9 Å². The number of amides is 2. The Kier molecular flexibility index (Phi) is 9.41. The lowest BCUT2D eigenvalue weighted by atomic mass is 9.78. The predicted molar refractivity (Wildman–Crippen MR) is 175 cm³/mol. The smallest absolute Gasteiger partial charge is 0.324 e. The Balaban J connectivity index is 1.75. The molecule has 8 heteroatoms. The third kappa shape index (κ3) is 6.07. The first kappa shape index (κ1) is 30.5. The number of hydrogen-bond acceptors (Lipinski definition) is 5. The van der Waals surface area contributed by atoms with Crippen molar-refractivity contribution >= 4 is 35.0 Å². The van der Waals surface area contributed by atoms with E-state index < -0.39 is 11.9 Å². The van der Waals surface area contributed by atoms with Gasteiger partial charge in [-0.15, -0.1) is 0 Å². The second kappa shape index (κ2) is 13.6. The minimum atomic E-state index is -0.707. The number of halogens is 1. The van der Waals surface area contributed by atoms with Crippen molar-refractivity contribution in [2.75, 3.05) is 7.11 Å². The van der Waals surface area contributed by atoms with Gasteiger partial charge in [0.25, 0.3) is 0 Å². The number of carbonyl (C=O) groups excluding carboxylic acids is 1. The first-order valence-corrected chi connectivity index (χ1v) is 15.2. The van der Waals surface area contributed by atoms with Crippen molar-refractivity contribution in [3.63, 3.8) is 0 Å². The summed E-state index contributed by atoms with van der Waals surface area (Å²) in [4.78, 5) is 14.7. The van der Waals surface area contributed by atoms with Crippen molar-refractivity contribution in [1.82, 2.24) is 4.90 Å². The summed E-state index contributed by atoms with van der Waals surface area (Å²) >= 11 is 8.22. The maximum Gasteiger partial charge on any atom is 0.324 e. The Hall–Kier alpha value is -4.95. The summed E-state index contributed by atoms with van der Waals surface area (Å²) in [7, 11) is 1.59. The van der Waals surface area contributed by atoms with E-state index in [1.54, 1.807) is 19.2 Å². The molecule has 1 aliphatic heterocycles. The molecule has 1 aliphatic rings. The molecule has 2 unspecified atom stereocenters. The Bertz CT molecular complexity index is 1860. The summed E-state index contributed by atoms with van der Waals surface area (Å²) in [5.41, 5.74) is 11.7. The first-order chi connectivity index (χ1) is 21.4. The largest absolute Gasteiger partial charge is 0.496 e. The third-order valence-corrected chi connectivity index (χ3v) is 9.29. The molecule has 0 aliphatic carbocycles. The highest BCUT2D eigenvalue weighted by molar-refractivity contribution is 8.03. The number of methoxy groups -OCH3 is 1. The molecule has 218 valence electrons. The quantitative estimate of drug-likeness (QED) is 0.213. The summed E-state index contributed by atoms with van der Waals surface area (Å²) in [5, 5.41) is 21.1. The van der Waals surface area contributed by atoms with Gasteiger partial charge in [0.2, 0.25) is 0 Å². The van der Waals surface area contributed by atoms with Crippen LogP contribution in [0.3, 0.4) is 0 Å². The molecule has 4 aromatic rings. The van der Waals surface area contributed by atoms with Crippen LogP contribution in [0.25, 0.3) is 5.57 Å². The number of rotatable bonds is 8. The van der Waals surface area contributed by atoms with Crippen LogP contribution in [0.4, 0.5) is 4.79 Å². The summed E-state index contributed by atoms with van der Waals surface area (Å²) in [6.07, 6.45) is 0.540. The summed E-state index contributed by atoms with van der Waals surface area (Å²) < 4.78 is 5.73. The van der Waals surface area contributed by atoms with Crippen LogP contribution in [0.5, 0.6) is 5.75 Å². The zero-order valence-corrected chi connectivity index (χ0v) is 25.8. The van der Waals surface area contributed by atoms with E-state index in [4.69, 9.17) is 22.1 Å². The Morgan fingerprint density at radius 1 is 0.977 bits per heavy atom. The summed E-state index contributed by atoms with van der Waals surface area (Å²) in [6, 6.07) is 36.2. The fourth-order valence-electron chi connectivity index (χ4n) is 5.61. The fourth-order valence-corrected chi connectivity index (χ4v) is 7.32. The van der Waals surface area contributed by atoms with Crippen molar-refractivity contribution in [2.45, 2.75) is 24.5 Å². The lowest BCUT2D eigenvalue weighted by molar-refractivity contribution is 0.231. The predicted octanol–water partition coefficient (Wildman–Crippen LogP) is 8.58. The van der Waals surface area contributed by atoms with Crippen molar-refractivity contribution in [2.24, 2.45) is 5.73 Å². The Morgan fingerprint density at radius 2 is 1.68 bits per heavy atom. The van der Waals surface area contributed by atoms with Crippen molar-refractivity contribution in [3.05, 3.63) is 152 Å². The molecule has 4 aromatic carbocycles. The van der Waals surface area contributed by atoms with Gasteiger partial charge < -0.3 is 10.5 Å². The lowest BCUT2D eigenvalue weighted by Crippen LogP contribution is -2.37. The number of carbonyl (C=O) groups is 1. The van der Waals surface area contributed by atoms with E-state index in [1.165, 1.54) is 16.7 Å². The van der Waals surface area contributed by atoms with Crippen molar-refractivity contribution in [1.29, 1.82) is 10.5 Å². The number of para-hydroxylation sites is 1. The van der Waals surface area contributed by atoms with Gasteiger partial charge in [-0.3, -0.25) is 4.90 Å². The normalized spacial score (nSPS) is 15.4. The van der Waals surface area contributed by atoms with Crippen LogP contribution in [-0.4, -0.2) is 18.0 Å². The molecule has 0 saturated carbocycles. The molecule has 0 saturated heterocycles. The highest BCUT2D eigenvalue weighted by Gasteiger charge is 2.40. The number of allylic oxidation sites excluding steroid dienone is 3. The van der Waals surface area contributed by atoms with Gasteiger partial charge in [0.1, 0.15) is 5.75 Å². The van der Waals surface area contributed by atoms with Crippen molar-refractivity contribution < 1.29 is 9.53 Å². The van der Waals surface area contributed by atoms with Crippen LogP contribution in [-0.2, 0) is 6.42 Å². The number of urea groups is 1. The van der Waals surface area contributed by atoms with E-state index in [2.05, 4.69) is 12.1 Å². The monoisotopic (exact) mass is 616 g/mol. The zero-order chi connectivity index (χ0) is 31.2. The SMILES string of the molecule is COc1ccccc1C1=C(C)N(C(N)=O)C(SC(Cc2cccc(C#N)c2)c2ccccc2)=C(C#N)C1c1ccccc1Cl. The van der Waals surface area contributed by atoms with Gasteiger partial charge in [-0.2, -0.15) is 10.5 Å². The van der Waals surface area contributed by atoms with E-state index >= 15 is 0 Å². The molecule has 2 N–H and O–H groups in total. The highest BCUT2D eigenvalue weighted by Crippen LogP contribution is 2.53.